The minimum atomic E-state index is -1.71. The van der Waals surface area contributed by atoms with E-state index in [1.165, 1.54) is 32.0 Å². The molecular formula is C40H38N2O10. The molecule has 2 aliphatic carbocycles. The van der Waals surface area contributed by atoms with Gasteiger partial charge in [0.1, 0.15) is 35.6 Å². The maximum atomic E-state index is 14.7. The number of aromatic hydroxyl groups is 1. The van der Waals surface area contributed by atoms with Crippen molar-refractivity contribution < 1.29 is 49.0 Å². The van der Waals surface area contributed by atoms with Crippen molar-refractivity contribution in [3.8, 4) is 17.2 Å². The Morgan fingerprint density at radius 2 is 1.62 bits per heavy atom. The third kappa shape index (κ3) is 6.19. The first-order chi connectivity index (χ1) is 24.8. The van der Waals surface area contributed by atoms with E-state index in [0.29, 0.717) is 35.1 Å². The van der Waals surface area contributed by atoms with Gasteiger partial charge in [0.2, 0.25) is 6.29 Å². The summed E-state index contributed by atoms with van der Waals surface area (Å²) in [6.45, 7) is 2.73. The second-order valence-electron chi connectivity index (χ2n) is 13.4. The number of ketones is 2. The van der Waals surface area contributed by atoms with Crippen molar-refractivity contribution in [3.05, 3.63) is 122 Å². The molecule has 1 saturated heterocycles. The molecule has 0 unspecified atom stereocenters. The Hall–Kier alpha value is -5.21. The number of hydrogen-bond acceptors (Lipinski definition) is 12. The van der Waals surface area contributed by atoms with E-state index in [9.17, 15) is 34.8 Å². The largest absolute Gasteiger partial charge is 0.507 e. The number of ether oxygens (including phenoxy) is 3. The molecule has 268 valence electrons. The van der Waals surface area contributed by atoms with Crippen LogP contribution in [0.15, 0.2) is 66.7 Å². The highest BCUT2D eigenvalue weighted by atomic mass is 16.7. The number of allylic oxidation sites excluding steroid dienone is 1. The Bertz CT molecular complexity index is 2160. The van der Waals surface area contributed by atoms with E-state index in [1.807, 2.05) is 30.3 Å². The average molecular weight is 707 g/mol. The van der Waals surface area contributed by atoms with Gasteiger partial charge in [-0.1, -0.05) is 54.6 Å². The molecule has 0 spiro atoms. The van der Waals surface area contributed by atoms with E-state index in [2.05, 4.69) is 0 Å². The number of aliphatic hydroxyl groups is 3. The molecule has 1 aliphatic heterocycles. The summed E-state index contributed by atoms with van der Waals surface area (Å²) in [6.07, 6.45) is -5.01. The topological polar surface area (TPSA) is 212 Å². The van der Waals surface area contributed by atoms with Gasteiger partial charge in [-0.2, -0.15) is 0 Å². The number of phenols is 1. The van der Waals surface area contributed by atoms with Gasteiger partial charge in [0, 0.05) is 41.2 Å². The first kappa shape index (κ1) is 35.2. The highest BCUT2D eigenvalue weighted by Crippen LogP contribution is 2.46. The van der Waals surface area contributed by atoms with Crippen molar-refractivity contribution in [2.75, 3.05) is 0 Å². The molecule has 0 saturated carbocycles. The molecule has 5 atom stereocenters. The van der Waals surface area contributed by atoms with Crippen molar-refractivity contribution >= 4 is 29.2 Å². The van der Waals surface area contributed by atoms with Gasteiger partial charge < -0.3 is 46.1 Å². The highest BCUT2D eigenvalue weighted by molar-refractivity contribution is 6.31. The fourth-order valence-corrected chi connectivity index (χ4v) is 7.19. The van der Waals surface area contributed by atoms with E-state index >= 15 is 0 Å². The van der Waals surface area contributed by atoms with Crippen LogP contribution in [-0.4, -0.2) is 68.7 Å². The van der Waals surface area contributed by atoms with Gasteiger partial charge in [-0.25, -0.2) is 0 Å². The van der Waals surface area contributed by atoms with Crippen LogP contribution >= 0.6 is 0 Å². The normalized spacial score (nSPS) is 22.3. The number of benzene rings is 4. The molecule has 12 nitrogen and oxygen atoms in total. The van der Waals surface area contributed by atoms with E-state index in [4.69, 9.17) is 25.7 Å². The van der Waals surface area contributed by atoms with Gasteiger partial charge in [0.15, 0.2) is 11.6 Å². The number of nitrogens with two attached hydrogens (primary N) is 2. The van der Waals surface area contributed by atoms with Crippen molar-refractivity contribution in [3.63, 3.8) is 0 Å². The predicted molar refractivity (Wildman–Crippen MR) is 189 cm³/mol. The number of carbonyl (C=O) groups is 3. The van der Waals surface area contributed by atoms with E-state index in [0.717, 1.165) is 11.1 Å². The zero-order valence-corrected chi connectivity index (χ0v) is 28.4. The van der Waals surface area contributed by atoms with Gasteiger partial charge in [-0.3, -0.25) is 14.4 Å². The van der Waals surface area contributed by atoms with Crippen LogP contribution in [0.25, 0.3) is 11.6 Å². The monoisotopic (exact) mass is 706 g/mol. The van der Waals surface area contributed by atoms with Gasteiger partial charge in [-0.05, 0) is 65.8 Å². The van der Waals surface area contributed by atoms with Crippen LogP contribution in [0.3, 0.4) is 0 Å². The van der Waals surface area contributed by atoms with E-state index in [1.54, 1.807) is 24.3 Å². The van der Waals surface area contributed by atoms with Crippen LogP contribution in [0.2, 0.25) is 0 Å². The molecule has 1 fully saturated rings. The van der Waals surface area contributed by atoms with Gasteiger partial charge >= 0.3 is 5.97 Å². The molecule has 4 aromatic rings. The fraction of sp³-hybridized carbons (Fsp3) is 0.275. The molecule has 3 aliphatic rings. The second kappa shape index (κ2) is 13.7. The first-order valence-electron chi connectivity index (χ1n) is 16.9. The maximum Gasteiger partial charge on any atom is 0.308 e. The Morgan fingerprint density at radius 1 is 0.865 bits per heavy atom. The molecule has 8 N–H and O–H groups in total. The molecular weight excluding hydrogens is 668 g/mol. The summed E-state index contributed by atoms with van der Waals surface area (Å²) in [4.78, 5) is 41.4. The fourth-order valence-electron chi connectivity index (χ4n) is 7.19. The number of hydrogen-bond donors (Lipinski definition) is 6. The second-order valence-corrected chi connectivity index (χ2v) is 13.4. The number of aliphatic hydroxyl groups excluding tert-OH is 3. The van der Waals surface area contributed by atoms with Crippen molar-refractivity contribution in [1.82, 2.24) is 0 Å². The van der Waals surface area contributed by atoms with E-state index in [-0.39, 0.29) is 45.7 Å². The average Bonchev–Trinajstić information content (AvgIpc) is 3.12. The minimum Gasteiger partial charge on any atom is -0.507 e. The van der Waals surface area contributed by atoms with Crippen molar-refractivity contribution in [2.45, 2.75) is 70.0 Å². The number of carbonyl (C=O) groups excluding carboxylic acids is 3. The standard InChI is InChI=1S/C40H38N2O10/c1-18-33(44)37(48)38(49)40(50-18)52-29-17-27-32(35(46)26(29)15-20-6-5-9-24(14-20)39(41)42)34(45)25-12-13-28(51-19(2)43)30(31(25)36(27)47)23-11-10-21-7-3-4-8-22(21)16-23/h3-9,12-14,16-18,33,37-40,44,46,48-49H,10-11,15,41-42H2,1-2H3/t18-,33-,37-,38-,40-/m1/s1. The Kier molecular flexibility index (Phi) is 9.30. The molecule has 52 heavy (non-hydrogen) atoms. The van der Waals surface area contributed by atoms with Crippen molar-refractivity contribution in [2.24, 2.45) is 11.5 Å². The smallest absolute Gasteiger partial charge is 0.308 e. The minimum absolute atomic E-state index is 0.00531. The quantitative estimate of drug-likeness (QED) is 0.0818. The summed E-state index contributed by atoms with van der Waals surface area (Å²) in [5, 5.41) is 43.6. The van der Waals surface area contributed by atoms with Crippen LogP contribution in [-0.2, 0) is 22.4 Å². The molecule has 7 rings (SSSR count). The number of rotatable bonds is 7. The SMILES string of the molecule is CC(=O)Oc1ccc2c(c1C1=Cc3ccccc3CC1)C(=O)c1cc(O[C@H]3O[C@H](C)[C@@H](O)[C@@H](O)[C@H]3O)c(Cc3cccc(C(N)N)c3)c(O)c1C2=O. The number of phenolic OH excluding ortho intramolecular Hbond substituents is 1. The lowest BCUT2D eigenvalue weighted by Crippen LogP contribution is -2.58. The number of fused-ring (bicyclic) bond motifs is 3. The molecule has 0 aromatic heterocycles. The third-order valence-electron chi connectivity index (χ3n) is 9.87. The Labute approximate surface area is 298 Å². The lowest BCUT2D eigenvalue weighted by molar-refractivity contribution is -0.268. The molecule has 0 radical (unpaired) electrons. The van der Waals surface area contributed by atoms with Crippen LogP contribution < -0.4 is 20.9 Å². The molecule has 0 bridgehead atoms. The van der Waals surface area contributed by atoms with Crippen LogP contribution in [0, 0.1) is 0 Å². The van der Waals surface area contributed by atoms with Crippen LogP contribution in [0.1, 0.15) is 91.7 Å². The zero-order chi connectivity index (χ0) is 37.0. The number of aryl methyl sites for hydroxylation is 1. The summed E-state index contributed by atoms with van der Waals surface area (Å²) in [5.41, 5.74) is 15.7. The highest BCUT2D eigenvalue weighted by Gasteiger charge is 2.44. The van der Waals surface area contributed by atoms with Crippen LogP contribution in [0.5, 0.6) is 17.2 Å². The number of esters is 1. The van der Waals surface area contributed by atoms with Crippen molar-refractivity contribution in [1.29, 1.82) is 0 Å². The summed E-state index contributed by atoms with van der Waals surface area (Å²) >= 11 is 0. The van der Waals surface area contributed by atoms with Gasteiger partial charge in [-0.15, -0.1) is 0 Å². The molecule has 0 amide bonds. The Balaban J connectivity index is 1.41. The third-order valence-corrected chi connectivity index (χ3v) is 9.87. The summed E-state index contributed by atoms with van der Waals surface area (Å²) in [5.74, 6) is -2.43. The summed E-state index contributed by atoms with van der Waals surface area (Å²) in [7, 11) is 0. The predicted octanol–water partition coefficient (Wildman–Crippen LogP) is 3.29. The summed E-state index contributed by atoms with van der Waals surface area (Å²) in [6, 6.07) is 18.9. The lowest BCUT2D eigenvalue weighted by Gasteiger charge is -2.39. The summed E-state index contributed by atoms with van der Waals surface area (Å²) < 4.78 is 17.4. The first-order valence-corrected chi connectivity index (χ1v) is 16.9. The zero-order valence-electron chi connectivity index (χ0n) is 28.4. The van der Waals surface area contributed by atoms with Gasteiger partial charge in [0.05, 0.1) is 17.8 Å². The molecule has 4 aromatic carbocycles. The van der Waals surface area contributed by atoms with Crippen LogP contribution in [0.4, 0.5) is 0 Å². The lowest BCUT2D eigenvalue weighted by atomic mass is 9.77. The van der Waals surface area contributed by atoms with E-state index < -0.39 is 60.2 Å². The Morgan fingerprint density at radius 3 is 2.37 bits per heavy atom. The molecule has 1 heterocycles. The van der Waals surface area contributed by atoms with Gasteiger partial charge in [0.25, 0.3) is 0 Å². The molecule has 12 heteroatoms. The maximum absolute atomic E-state index is 14.7.